The number of rotatable bonds is 5. The van der Waals surface area contributed by atoms with Crippen LogP contribution < -0.4 is 0 Å². The number of benzene rings is 2. The number of thioether (sulfide) groups is 1. The summed E-state index contributed by atoms with van der Waals surface area (Å²) in [6.07, 6.45) is 0.0425. The summed E-state index contributed by atoms with van der Waals surface area (Å²) in [6, 6.07) is 12.2. The highest BCUT2D eigenvalue weighted by Gasteiger charge is 2.34. The van der Waals surface area contributed by atoms with Crippen LogP contribution >= 0.6 is 27.7 Å². The highest BCUT2D eigenvalue weighted by molar-refractivity contribution is 9.10. The number of ether oxygens (including phenoxy) is 1. The van der Waals surface area contributed by atoms with E-state index in [2.05, 4.69) is 35.0 Å². The minimum atomic E-state index is -0.427. The molecule has 1 aliphatic heterocycles. The van der Waals surface area contributed by atoms with Crippen LogP contribution in [0.1, 0.15) is 35.6 Å². The fourth-order valence-corrected chi connectivity index (χ4v) is 4.92. The maximum absolute atomic E-state index is 12.8. The summed E-state index contributed by atoms with van der Waals surface area (Å²) in [5.74, 6) is 0.646. The maximum atomic E-state index is 12.8. The first-order valence-electron chi connectivity index (χ1n) is 9.36. The summed E-state index contributed by atoms with van der Waals surface area (Å²) in [7, 11) is 0. The van der Waals surface area contributed by atoms with E-state index in [1.807, 2.05) is 45.0 Å². The van der Waals surface area contributed by atoms with E-state index in [1.54, 1.807) is 11.8 Å². The summed E-state index contributed by atoms with van der Waals surface area (Å²) < 4.78 is 6.81. The number of hydrogen-bond donors (Lipinski definition) is 1. The van der Waals surface area contributed by atoms with E-state index in [4.69, 9.17) is 4.74 Å². The van der Waals surface area contributed by atoms with Crippen molar-refractivity contribution in [3.63, 3.8) is 0 Å². The second kappa shape index (κ2) is 8.75. The molecule has 2 unspecified atom stereocenters. The summed E-state index contributed by atoms with van der Waals surface area (Å²) in [5, 5.41) is 10.7. The van der Waals surface area contributed by atoms with Crippen LogP contribution in [0.3, 0.4) is 0 Å². The largest absolute Gasteiger partial charge is 0.511 e. The summed E-state index contributed by atoms with van der Waals surface area (Å²) >= 11 is 5.17. The van der Waals surface area contributed by atoms with Crippen molar-refractivity contribution in [2.24, 2.45) is 5.92 Å². The first kappa shape index (κ1) is 21.0. The van der Waals surface area contributed by atoms with Gasteiger partial charge in [0, 0.05) is 27.5 Å². The smallest absolute Gasteiger partial charge is 0.342 e. The lowest BCUT2D eigenvalue weighted by atomic mass is 9.89. The quantitative estimate of drug-likeness (QED) is 0.414. The van der Waals surface area contributed by atoms with Crippen LogP contribution in [0.2, 0.25) is 0 Å². The molecule has 3 nitrogen and oxygen atoms in total. The SMILES string of the molecule is Cc1cc(C)c(C2=C(O)CC(C(C)CSc3ccc(Br)cc3)OC2=O)c(C)c1. The third kappa shape index (κ3) is 4.64. The number of esters is 1. The van der Waals surface area contributed by atoms with Gasteiger partial charge in [-0.15, -0.1) is 11.8 Å². The minimum absolute atomic E-state index is 0.126. The molecule has 0 amide bonds. The van der Waals surface area contributed by atoms with Crippen molar-refractivity contribution in [3.05, 3.63) is 68.9 Å². The van der Waals surface area contributed by atoms with Gasteiger partial charge in [-0.2, -0.15) is 0 Å². The Bertz CT molecular complexity index is 895. The van der Waals surface area contributed by atoms with Gasteiger partial charge in [-0.25, -0.2) is 4.79 Å². The molecule has 0 saturated heterocycles. The molecule has 0 bridgehead atoms. The molecule has 1 aliphatic rings. The van der Waals surface area contributed by atoms with Gasteiger partial charge in [-0.3, -0.25) is 0 Å². The molecule has 2 atom stereocenters. The van der Waals surface area contributed by atoms with Gasteiger partial charge in [-0.05, 0) is 61.7 Å². The number of hydrogen-bond acceptors (Lipinski definition) is 4. The number of aryl methyl sites for hydroxylation is 3. The zero-order chi connectivity index (χ0) is 20.4. The standard InChI is InChI=1S/C23H25BrO3S/c1-13-9-14(2)21(15(3)10-13)22-19(25)11-20(27-23(22)26)16(4)12-28-18-7-5-17(24)6-8-18/h5-10,16,20,25H,11-12H2,1-4H3. The summed E-state index contributed by atoms with van der Waals surface area (Å²) in [5.41, 5.74) is 4.21. The van der Waals surface area contributed by atoms with Gasteiger partial charge in [0.1, 0.15) is 17.4 Å². The highest BCUT2D eigenvalue weighted by Crippen LogP contribution is 2.35. The van der Waals surface area contributed by atoms with E-state index in [-0.39, 0.29) is 17.8 Å². The first-order chi connectivity index (χ1) is 13.3. The van der Waals surface area contributed by atoms with Crippen molar-refractivity contribution < 1.29 is 14.6 Å². The topological polar surface area (TPSA) is 46.5 Å². The first-order valence-corrected chi connectivity index (χ1v) is 11.1. The highest BCUT2D eigenvalue weighted by atomic mass is 79.9. The molecule has 1 N–H and O–H groups in total. The monoisotopic (exact) mass is 460 g/mol. The van der Waals surface area contributed by atoms with Crippen LogP contribution in [0.15, 0.2) is 51.5 Å². The zero-order valence-corrected chi connectivity index (χ0v) is 19.0. The van der Waals surface area contributed by atoms with E-state index in [0.717, 1.165) is 32.5 Å². The fraction of sp³-hybridized carbons (Fsp3) is 0.348. The summed E-state index contributed by atoms with van der Waals surface area (Å²) in [4.78, 5) is 13.9. The Kier molecular flexibility index (Phi) is 6.56. The molecule has 0 fully saturated rings. The van der Waals surface area contributed by atoms with Crippen molar-refractivity contribution in [1.29, 1.82) is 0 Å². The average molecular weight is 461 g/mol. The molecule has 148 valence electrons. The molecule has 5 heteroatoms. The van der Waals surface area contributed by atoms with E-state index in [9.17, 15) is 9.90 Å². The minimum Gasteiger partial charge on any atom is -0.511 e. The van der Waals surface area contributed by atoms with Crippen molar-refractivity contribution in [1.82, 2.24) is 0 Å². The number of aliphatic hydroxyl groups excluding tert-OH is 1. The van der Waals surface area contributed by atoms with E-state index >= 15 is 0 Å². The fourth-order valence-electron chi connectivity index (χ4n) is 3.65. The summed E-state index contributed by atoms with van der Waals surface area (Å²) in [6.45, 7) is 8.02. The van der Waals surface area contributed by atoms with Gasteiger partial charge in [0.25, 0.3) is 0 Å². The van der Waals surface area contributed by atoms with Gasteiger partial charge < -0.3 is 9.84 Å². The normalized spacial score (nSPS) is 18.2. The molecular formula is C23H25BrO3S. The molecule has 0 radical (unpaired) electrons. The Morgan fingerprint density at radius 2 is 1.79 bits per heavy atom. The molecular weight excluding hydrogens is 436 g/mol. The number of carbonyl (C=O) groups is 1. The van der Waals surface area contributed by atoms with Crippen molar-refractivity contribution >= 4 is 39.2 Å². The molecule has 0 spiro atoms. The van der Waals surface area contributed by atoms with Crippen molar-refractivity contribution in [3.8, 4) is 0 Å². The van der Waals surface area contributed by atoms with Crippen molar-refractivity contribution in [2.75, 3.05) is 5.75 Å². The second-order valence-electron chi connectivity index (χ2n) is 7.49. The van der Waals surface area contributed by atoms with Crippen LogP contribution in [0, 0.1) is 26.7 Å². The third-order valence-electron chi connectivity index (χ3n) is 5.03. The van der Waals surface area contributed by atoms with Crippen LogP contribution in [0.4, 0.5) is 0 Å². The predicted octanol–water partition coefficient (Wildman–Crippen LogP) is 6.39. The van der Waals surface area contributed by atoms with Crippen LogP contribution in [0.25, 0.3) is 5.57 Å². The lowest BCUT2D eigenvalue weighted by Crippen LogP contribution is -2.32. The molecule has 1 heterocycles. The zero-order valence-electron chi connectivity index (χ0n) is 16.6. The van der Waals surface area contributed by atoms with E-state index < -0.39 is 5.97 Å². The van der Waals surface area contributed by atoms with Crippen LogP contribution in [-0.4, -0.2) is 22.9 Å². The molecule has 3 rings (SSSR count). The molecule has 0 aliphatic carbocycles. The molecule has 28 heavy (non-hydrogen) atoms. The molecule has 0 saturated carbocycles. The number of halogens is 1. The Morgan fingerprint density at radius 3 is 2.36 bits per heavy atom. The van der Waals surface area contributed by atoms with Gasteiger partial charge >= 0.3 is 5.97 Å². The predicted molar refractivity (Wildman–Crippen MR) is 119 cm³/mol. The second-order valence-corrected chi connectivity index (χ2v) is 9.49. The Morgan fingerprint density at radius 1 is 1.18 bits per heavy atom. The van der Waals surface area contributed by atoms with E-state index in [1.165, 1.54) is 4.90 Å². The number of cyclic esters (lactones) is 1. The van der Waals surface area contributed by atoms with Gasteiger partial charge in [0.15, 0.2) is 0 Å². The van der Waals surface area contributed by atoms with Crippen molar-refractivity contribution in [2.45, 2.75) is 45.1 Å². The molecule has 2 aromatic carbocycles. The average Bonchev–Trinajstić information content (AvgIpc) is 2.62. The lowest BCUT2D eigenvalue weighted by Gasteiger charge is -2.29. The van der Waals surface area contributed by atoms with Gasteiger partial charge in [-0.1, -0.05) is 40.5 Å². The van der Waals surface area contributed by atoms with Gasteiger partial charge in [0.05, 0.1) is 0 Å². The van der Waals surface area contributed by atoms with Gasteiger partial charge in [0.2, 0.25) is 0 Å². The van der Waals surface area contributed by atoms with Crippen LogP contribution in [0.5, 0.6) is 0 Å². The Balaban J connectivity index is 1.75. The Hall–Kier alpha value is -1.72. The Labute approximate surface area is 179 Å². The number of carbonyl (C=O) groups excluding carboxylic acids is 1. The molecule has 0 aromatic heterocycles. The van der Waals surface area contributed by atoms with Crippen LogP contribution in [-0.2, 0) is 9.53 Å². The lowest BCUT2D eigenvalue weighted by molar-refractivity contribution is -0.145. The molecule has 2 aromatic rings. The number of aliphatic hydroxyl groups is 1. The third-order valence-corrected chi connectivity index (χ3v) is 6.86. The van der Waals surface area contributed by atoms with E-state index in [0.29, 0.717) is 12.0 Å². The maximum Gasteiger partial charge on any atom is 0.342 e.